The maximum absolute atomic E-state index is 4.19. The second-order valence-corrected chi connectivity index (χ2v) is 4.47. The third-order valence-corrected chi connectivity index (χ3v) is 3.24. The van der Waals surface area contributed by atoms with Crippen LogP contribution in [0.4, 0.5) is 5.69 Å². The topological polar surface area (TPSA) is 40.7 Å². The summed E-state index contributed by atoms with van der Waals surface area (Å²) in [6.45, 7) is 4.49. The van der Waals surface area contributed by atoms with Crippen molar-refractivity contribution in [2.75, 3.05) is 11.9 Å². The molecule has 1 aromatic heterocycles. The summed E-state index contributed by atoms with van der Waals surface area (Å²) in [6, 6.07) is 8.30. The van der Waals surface area contributed by atoms with Crippen molar-refractivity contribution in [2.45, 2.75) is 10.9 Å². The molecule has 0 atom stereocenters. The van der Waals surface area contributed by atoms with E-state index in [2.05, 4.69) is 40.1 Å². The van der Waals surface area contributed by atoms with E-state index in [0.717, 1.165) is 23.1 Å². The molecule has 0 radical (unpaired) electrons. The fourth-order valence-corrected chi connectivity index (χ4v) is 2.31. The molecule has 2 aromatic rings. The van der Waals surface area contributed by atoms with E-state index in [9.17, 15) is 0 Å². The van der Waals surface area contributed by atoms with Crippen molar-refractivity contribution >= 4 is 17.4 Å². The van der Waals surface area contributed by atoms with Crippen molar-refractivity contribution in [1.82, 2.24) is 9.97 Å². The van der Waals surface area contributed by atoms with Crippen LogP contribution >= 0.6 is 11.8 Å². The van der Waals surface area contributed by atoms with Gasteiger partial charge in [0.1, 0.15) is 0 Å². The summed E-state index contributed by atoms with van der Waals surface area (Å²) < 4.78 is 0. The molecule has 88 valence electrons. The number of rotatable bonds is 6. The highest BCUT2D eigenvalue weighted by Gasteiger charge is 2.02. The van der Waals surface area contributed by atoms with Crippen LogP contribution < -0.4 is 5.32 Å². The number of imidazole rings is 1. The van der Waals surface area contributed by atoms with Gasteiger partial charge < -0.3 is 10.3 Å². The van der Waals surface area contributed by atoms with Gasteiger partial charge in [-0.2, -0.15) is 0 Å². The van der Waals surface area contributed by atoms with Gasteiger partial charge in [-0.1, -0.05) is 36.0 Å². The standard InChI is InChI=1S/C13H15N3S/c1-2-7-14-12-6-4-3-5-11(12)10-17-13-15-8-9-16-13/h2-6,8-9,14H,1,7,10H2,(H,15,16). The van der Waals surface area contributed by atoms with E-state index in [1.165, 1.54) is 5.56 Å². The lowest BCUT2D eigenvalue weighted by Gasteiger charge is -2.09. The van der Waals surface area contributed by atoms with Gasteiger partial charge in [0.25, 0.3) is 0 Å². The van der Waals surface area contributed by atoms with Crippen LogP contribution in [0.5, 0.6) is 0 Å². The number of para-hydroxylation sites is 1. The minimum Gasteiger partial charge on any atom is -0.381 e. The molecule has 0 aliphatic rings. The number of nitrogens with zero attached hydrogens (tertiary/aromatic N) is 1. The average molecular weight is 245 g/mol. The van der Waals surface area contributed by atoms with Crippen molar-refractivity contribution in [3.05, 3.63) is 54.9 Å². The maximum Gasteiger partial charge on any atom is 0.165 e. The number of benzene rings is 1. The summed E-state index contributed by atoms with van der Waals surface area (Å²) in [5.41, 5.74) is 2.43. The first-order chi connectivity index (χ1) is 8.40. The van der Waals surface area contributed by atoms with Gasteiger partial charge in [0, 0.05) is 30.4 Å². The number of anilines is 1. The van der Waals surface area contributed by atoms with Gasteiger partial charge >= 0.3 is 0 Å². The monoisotopic (exact) mass is 245 g/mol. The SMILES string of the molecule is C=CCNc1ccccc1CSc1ncc[nH]1. The molecule has 0 unspecified atom stereocenters. The number of aromatic nitrogens is 2. The van der Waals surface area contributed by atoms with Crippen molar-refractivity contribution in [2.24, 2.45) is 0 Å². The van der Waals surface area contributed by atoms with E-state index in [0.29, 0.717) is 0 Å². The number of H-pyrrole nitrogens is 1. The molecule has 1 aromatic carbocycles. The third-order valence-electron chi connectivity index (χ3n) is 2.29. The summed E-state index contributed by atoms with van der Waals surface area (Å²) in [5, 5.41) is 4.28. The predicted molar refractivity (Wildman–Crippen MR) is 73.3 cm³/mol. The van der Waals surface area contributed by atoms with E-state index < -0.39 is 0 Å². The molecule has 2 rings (SSSR count). The Morgan fingerprint density at radius 1 is 1.41 bits per heavy atom. The molecule has 3 nitrogen and oxygen atoms in total. The van der Waals surface area contributed by atoms with Gasteiger partial charge in [-0.25, -0.2) is 4.98 Å². The summed E-state index contributed by atoms with van der Waals surface area (Å²) >= 11 is 1.70. The smallest absolute Gasteiger partial charge is 0.165 e. The lowest BCUT2D eigenvalue weighted by molar-refractivity contribution is 1.06. The zero-order chi connectivity index (χ0) is 11.9. The second kappa shape index (κ2) is 6.15. The molecule has 4 heteroatoms. The van der Waals surface area contributed by atoms with E-state index in [1.54, 1.807) is 18.0 Å². The molecule has 0 spiro atoms. The number of hydrogen-bond donors (Lipinski definition) is 2. The fraction of sp³-hybridized carbons (Fsp3) is 0.154. The molecular formula is C13H15N3S. The molecule has 0 fully saturated rings. The zero-order valence-electron chi connectivity index (χ0n) is 9.52. The number of thioether (sulfide) groups is 1. The summed E-state index contributed by atoms with van der Waals surface area (Å²) in [4.78, 5) is 7.28. The molecular weight excluding hydrogens is 230 g/mol. The molecule has 1 heterocycles. The lowest BCUT2D eigenvalue weighted by Crippen LogP contribution is -2.00. The second-order valence-electron chi connectivity index (χ2n) is 3.51. The van der Waals surface area contributed by atoms with Crippen molar-refractivity contribution in [3.63, 3.8) is 0 Å². The maximum atomic E-state index is 4.19. The van der Waals surface area contributed by atoms with Gasteiger partial charge in [-0.05, 0) is 11.6 Å². The van der Waals surface area contributed by atoms with Crippen LogP contribution in [0.2, 0.25) is 0 Å². The quantitative estimate of drug-likeness (QED) is 0.606. The molecule has 0 saturated heterocycles. The molecule has 2 N–H and O–H groups in total. The average Bonchev–Trinajstić information content (AvgIpc) is 2.88. The van der Waals surface area contributed by atoms with E-state index in [1.807, 2.05) is 18.3 Å². The normalized spacial score (nSPS) is 10.1. The highest BCUT2D eigenvalue weighted by atomic mass is 32.2. The molecule has 0 aliphatic carbocycles. The lowest BCUT2D eigenvalue weighted by atomic mass is 10.2. The number of aromatic amines is 1. The van der Waals surface area contributed by atoms with Crippen LogP contribution in [0.25, 0.3) is 0 Å². The molecule has 0 amide bonds. The highest BCUT2D eigenvalue weighted by Crippen LogP contribution is 2.24. The van der Waals surface area contributed by atoms with Crippen LogP contribution in [0.1, 0.15) is 5.56 Å². The Bertz CT molecular complexity index is 465. The third kappa shape index (κ3) is 3.39. The van der Waals surface area contributed by atoms with E-state index in [4.69, 9.17) is 0 Å². The highest BCUT2D eigenvalue weighted by molar-refractivity contribution is 7.98. The first kappa shape index (κ1) is 11.8. The molecule has 0 aliphatic heterocycles. The summed E-state index contributed by atoms with van der Waals surface area (Å²) in [5.74, 6) is 0.897. The van der Waals surface area contributed by atoms with Crippen LogP contribution in [-0.2, 0) is 5.75 Å². The number of hydrogen-bond acceptors (Lipinski definition) is 3. The predicted octanol–water partition coefficient (Wildman–Crippen LogP) is 3.30. The fourth-order valence-electron chi connectivity index (χ4n) is 1.48. The van der Waals surface area contributed by atoms with Gasteiger partial charge in [0.15, 0.2) is 5.16 Å². The summed E-state index contributed by atoms with van der Waals surface area (Å²) in [6.07, 6.45) is 5.46. The van der Waals surface area contributed by atoms with Gasteiger partial charge in [0.05, 0.1) is 0 Å². The van der Waals surface area contributed by atoms with Gasteiger partial charge in [0.2, 0.25) is 0 Å². The van der Waals surface area contributed by atoms with Crippen LogP contribution in [-0.4, -0.2) is 16.5 Å². The van der Waals surface area contributed by atoms with Crippen molar-refractivity contribution in [1.29, 1.82) is 0 Å². The van der Waals surface area contributed by atoms with E-state index >= 15 is 0 Å². The first-order valence-electron chi connectivity index (χ1n) is 5.45. The minimum absolute atomic E-state index is 0.780. The Morgan fingerprint density at radius 2 is 2.29 bits per heavy atom. The first-order valence-corrected chi connectivity index (χ1v) is 6.43. The van der Waals surface area contributed by atoms with Crippen LogP contribution in [0, 0.1) is 0 Å². The molecule has 17 heavy (non-hydrogen) atoms. The van der Waals surface area contributed by atoms with Gasteiger partial charge in [-0.15, -0.1) is 6.58 Å². The largest absolute Gasteiger partial charge is 0.381 e. The van der Waals surface area contributed by atoms with Crippen LogP contribution in [0.15, 0.2) is 54.5 Å². The Morgan fingerprint density at radius 3 is 3.06 bits per heavy atom. The minimum atomic E-state index is 0.780. The summed E-state index contributed by atoms with van der Waals surface area (Å²) in [7, 11) is 0. The van der Waals surface area contributed by atoms with Gasteiger partial charge in [-0.3, -0.25) is 0 Å². The molecule has 0 bridgehead atoms. The Balaban J connectivity index is 2.01. The zero-order valence-corrected chi connectivity index (χ0v) is 10.3. The number of nitrogens with one attached hydrogen (secondary N) is 2. The Labute approximate surface area is 105 Å². The molecule has 0 saturated carbocycles. The van der Waals surface area contributed by atoms with E-state index in [-0.39, 0.29) is 0 Å². The Hall–Kier alpha value is -1.68. The van der Waals surface area contributed by atoms with Crippen LogP contribution in [0.3, 0.4) is 0 Å². The van der Waals surface area contributed by atoms with Crippen molar-refractivity contribution in [3.8, 4) is 0 Å². The van der Waals surface area contributed by atoms with Crippen molar-refractivity contribution < 1.29 is 0 Å². The Kier molecular flexibility index (Phi) is 4.27.